The van der Waals surface area contributed by atoms with Gasteiger partial charge in [0.15, 0.2) is 5.82 Å². The number of piperidine rings is 1. The van der Waals surface area contributed by atoms with Gasteiger partial charge in [-0.25, -0.2) is 9.97 Å². The third-order valence-corrected chi connectivity index (χ3v) is 8.63. The number of nitrogens with one attached hydrogen (secondary N) is 2. The quantitative estimate of drug-likeness (QED) is 0.302. The van der Waals surface area contributed by atoms with Crippen LogP contribution in [0.15, 0.2) is 58.9 Å². The molecular weight excluding hydrogens is 518 g/mol. The van der Waals surface area contributed by atoms with E-state index in [9.17, 15) is 9.59 Å². The Hall–Kier alpha value is -3.60. The Morgan fingerprint density at radius 2 is 2.05 bits per heavy atom. The zero-order chi connectivity index (χ0) is 26.1. The number of aromatic nitrogens is 2. The van der Waals surface area contributed by atoms with Gasteiger partial charge >= 0.3 is 0 Å². The van der Waals surface area contributed by atoms with Crippen LogP contribution in [0.2, 0.25) is 0 Å². The van der Waals surface area contributed by atoms with Crippen molar-refractivity contribution in [1.29, 1.82) is 0 Å². The minimum atomic E-state index is -0.443. The van der Waals surface area contributed by atoms with E-state index in [0.29, 0.717) is 24.3 Å². The molecule has 10 heteroatoms. The van der Waals surface area contributed by atoms with Crippen molar-refractivity contribution in [3.63, 3.8) is 0 Å². The minimum Gasteiger partial charge on any atom is -0.494 e. The van der Waals surface area contributed by atoms with Crippen LogP contribution in [0.1, 0.15) is 25.7 Å². The van der Waals surface area contributed by atoms with Gasteiger partial charge in [-0.3, -0.25) is 14.9 Å². The number of imide groups is 1. The highest BCUT2D eigenvalue weighted by Crippen LogP contribution is 2.41. The fourth-order valence-electron chi connectivity index (χ4n) is 4.89. The number of rotatable bonds is 8. The SMILES string of the molecule is CN(C1=CC(=O)NC1=O)c1nc(-c2cccc(OCCC3CCCCN3)c2)nc2scc(-c3cccs3)c12. The summed E-state index contributed by atoms with van der Waals surface area (Å²) in [6.45, 7) is 1.72. The first-order valence-corrected chi connectivity index (χ1v) is 14.4. The summed E-state index contributed by atoms with van der Waals surface area (Å²) in [6, 6.07) is 12.4. The normalized spacial score (nSPS) is 17.5. The average Bonchev–Trinajstić information content (AvgIpc) is 3.68. The van der Waals surface area contributed by atoms with Crippen molar-refractivity contribution in [2.75, 3.05) is 25.1 Å². The molecule has 0 aliphatic carbocycles. The Kier molecular flexibility index (Phi) is 6.92. The Morgan fingerprint density at radius 3 is 2.82 bits per heavy atom. The molecule has 2 N–H and O–H groups in total. The molecule has 2 aliphatic heterocycles. The van der Waals surface area contributed by atoms with E-state index in [1.54, 1.807) is 23.3 Å². The zero-order valence-corrected chi connectivity index (χ0v) is 22.5. The molecule has 1 aromatic carbocycles. The third kappa shape index (κ3) is 4.94. The van der Waals surface area contributed by atoms with Crippen molar-refractivity contribution in [3.8, 4) is 27.6 Å². The predicted molar refractivity (Wildman–Crippen MR) is 152 cm³/mol. The number of ether oxygens (including phenoxy) is 1. The highest BCUT2D eigenvalue weighted by Gasteiger charge is 2.28. The van der Waals surface area contributed by atoms with Gasteiger partial charge in [0.2, 0.25) is 0 Å². The van der Waals surface area contributed by atoms with Crippen molar-refractivity contribution in [2.45, 2.75) is 31.7 Å². The maximum atomic E-state index is 12.5. The smallest absolute Gasteiger partial charge is 0.274 e. The minimum absolute atomic E-state index is 0.248. The lowest BCUT2D eigenvalue weighted by atomic mass is 10.0. The van der Waals surface area contributed by atoms with Crippen LogP contribution in [0.4, 0.5) is 5.82 Å². The predicted octanol–water partition coefficient (Wildman–Crippen LogP) is 4.97. The summed E-state index contributed by atoms with van der Waals surface area (Å²) in [5.74, 6) is 0.996. The molecule has 1 atom stereocenters. The van der Waals surface area contributed by atoms with E-state index in [1.807, 2.05) is 35.7 Å². The fraction of sp³-hybridized carbons (Fsp3) is 0.286. The molecule has 3 aromatic heterocycles. The molecular formula is C28H27N5O3S2. The number of carbonyl (C=O) groups excluding carboxylic acids is 2. The van der Waals surface area contributed by atoms with Gasteiger partial charge in [0.25, 0.3) is 11.8 Å². The van der Waals surface area contributed by atoms with Crippen LogP contribution in [-0.4, -0.2) is 48.0 Å². The molecule has 0 spiro atoms. The van der Waals surface area contributed by atoms with Gasteiger partial charge < -0.3 is 15.0 Å². The number of likely N-dealkylation sites (N-methyl/N-ethyl adjacent to an activating group) is 1. The topological polar surface area (TPSA) is 96.5 Å². The van der Waals surface area contributed by atoms with Gasteiger partial charge in [0.1, 0.15) is 22.1 Å². The summed E-state index contributed by atoms with van der Waals surface area (Å²) in [7, 11) is 1.75. The Bertz CT molecular complexity index is 1520. The number of fused-ring (bicyclic) bond motifs is 1. The lowest BCUT2D eigenvalue weighted by Crippen LogP contribution is -2.35. The van der Waals surface area contributed by atoms with Crippen molar-refractivity contribution < 1.29 is 14.3 Å². The largest absolute Gasteiger partial charge is 0.494 e. The first-order chi connectivity index (χ1) is 18.6. The second-order valence-corrected chi connectivity index (χ2v) is 11.2. The number of nitrogens with zero attached hydrogens (tertiary/aromatic N) is 3. The summed E-state index contributed by atoms with van der Waals surface area (Å²) in [5, 5.41) is 10.8. The highest BCUT2D eigenvalue weighted by atomic mass is 32.1. The van der Waals surface area contributed by atoms with Crippen molar-refractivity contribution >= 4 is 50.5 Å². The van der Waals surface area contributed by atoms with E-state index < -0.39 is 11.8 Å². The van der Waals surface area contributed by atoms with Gasteiger partial charge in [0, 0.05) is 40.5 Å². The summed E-state index contributed by atoms with van der Waals surface area (Å²) < 4.78 is 6.09. The molecule has 194 valence electrons. The summed E-state index contributed by atoms with van der Waals surface area (Å²) in [6.07, 6.45) is 5.99. The van der Waals surface area contributed by atoms with E-state index in [0.717, 1.165) is 44.9 Å². The molecule has 5 heterocycles. The van der Waals surface area contributed by atoms with E-state index in [2.05, 4.69) is 22.1 Å². The first kappa shape index (κ1) is 24.7. The summed E-state index contributed by atoms with van der Waals surface area (Å²) in [4.78, 5) is 37.8. The van der Waals surface area contributed by atoms with Gasteiger partial charge in [-0.1, -0.05) is 24.6 Å². The molecule has 4 aromatic rings. The Labute approximate surface area is 228 Å². The van der Waals surface area contributed by atoms with Crippen LogP contribution in [0.25, 0.3) is 32.0 Å². The van der Waals surface area contributed by atoms with E-state index in [1.165, 1.54) is 36.7 Å². The number of benzene rings is 1. The third-order valence-electron chi connectivity index (χ3n) is 6.86. The molecule has 0 bridgehead atoms. The Morgan fingerprint density at radius 1 is 1.13 bits per heavy atom. The fourth-order valence-corrected chi connectivity index (χ4v) is 6.64. The number of amides is 2. The highest BCUT2D eigenvalue weighted by molar-refractivity contribution is 7.18. The number of carbonyl (C=O) groups is 2. The average molecular weight is 546 g/mol. The first-order valence-electron chi connectivity index (χ1n) is 12.7. The van der Waals surface area contributed by atoms with Crippen molar-refractivity contribution in [1.82, 2.24) is 20.6 Å². The van der Waals surface area contributed by atoms with Crippen LogP contribution >= 0.6 is 22.7 Å². The Balaban J connectivity index is 1.35. The standard InChI is InChI=1S/C28H27N5O3S2/c1-33(21-15-23(34)30-27(21)35)26-24-20(22-9-5-13-37-22)16-38-28(24)32-25(31-26)17-6-4-8-19(14-17)36-12-10-18-7-2-3-11-29-18/h4-6,8-9,13-16,18,29H,2-3,7,10-12H2,1H3,(H,30,34,35). The number of hydrogen-bond acceptors (Lipinski definition) is 9. The van der Waals surface area contributed by atoms with Crippen LogP contribution < -0.4 is 20.3 Å². The van der Waals surface area contributed by atoms with E-state index in [-0.39, 0.29) is 5.70 Å². The second-order valence-electron chi connectivity index (χ2n) is 9.40. The van der Waals surface area contributed by atoms with Crippen LogP contribution in [0, 0.1) is 0 Å². The van der Waals surface area contributed by atoms with E-state index >= 15 is 0 Å². The van der Waals surface area contributed by atoms with Gasteiger partial charge in [0.05, 0.1) is 12.0 Å². The maximum absolute atomic E-state index is 12.5. The molecule has 2 amide bonds. The number of thiophene rings is 2. The monoisotopic (exact) mass is 545 g/mol. The van der Waals surface area contributed by atoms with Gasteiger partial charge in [-0.05, 0) is 49.4 Å². The number of anilines is 1. The molecule has 0 radical (unpaired) electrons. The molecule has 1 fully saturated rings. The van der Waals surface area contributed by atoms with Crippen LogP contribution in [0.3, 0.4) is 0 Å². The molecule has 6 rings (SSSR count). The van der Waals surface area contributed by atoms with Crippen LogP contribution in [-0.2, 0) is 9.59 Å². The van der Waals surface area contributed by atoms with Crippen LogP contribution in [0.5, 0.6) is 5.75 Å². The van der Waals surface area contributed by atoms with Gasteiger partial charge in [-0.2, -0.15) is 0 Å². The molecule has 8 nitrogen and oxygen atoms in total. The van der Waals surface area contributed by atoms with Crippen molar-refractivity contribution in [2.24, 2.45) is 0 Å². The molecule has 0 saturated carbocycles. The molecule has 2 aliphatic rings. The molecule has 1 unspecified atom stereocenters. The van der Waals surface area contributed by atoms with Crippen molar-refractivity contribution in [3.05, 3.63) is 58.9 Å². The van der Waals surface area contributed by atoms with Gasteiger partial charge in [-0.15, -0.1) is 22.7 Å². The zero-order valence-electron chi connectivity index (χ0n) is 20.9. The maximum Gasteiger partial charge on any atom is 0.274 e. The molecule has 38 heavy (non-hydrogen) atoms. The summed E-state index contributed by atoms with van der Waals surface area (Å²) >= 11 is 3.17. The lowest BCUT2D eigenvalue weighted by Gasteiger charge is -2.23. The summed E-state index contributed by atoms with van der Waals surface area (Å²) in [5.41, 5.74) is 2.08. The molecule has 1 saturated heterocycles. The number of hydrogen-bond donors (Lipinski definition) is 2. The second kappa shape index (κ2) is 10.6. The van der Waals surface area contributed by atoms with E-state index in [4.69, 9.17) is 14.7 Å². The lowest BCUT2D eigenvalue weighted by molar-refractivity contribution is -0.123.